The number of thioether (sulfide) groups is 1. The first-order chi connectivity index (χ1) is 18.4. The average Bonchev–Trinajstić information content (AvgIpc) is 3.52. The molecule has 0 saturated carbocycles. The lowest BCUT2D eigenvalue weighted by molar-refractivity contribution is -0.113. The van der Waals surface area contributed by atoms with Crippen LogP contribution in [-0.2, 0) is 17.9 Å². The van der Waals surface area contributed by atoms with E-state index in [2.05, 4.69) is 25.8 Å². The van der Waals surface area contributed by atoms with Gasteiger partial charge in [0.15, 0.2) is 27.6 Å². The van der Waals surface area contributed by atoms with E-state index in [-0.39, 0.29) is 24.1 Å². The number of ether oxygens (including phenoxy) is 2. The number of hydrogen-bond acceptors (Lipinski definition) is 9. The first-order valence-electron chi connectivity index (χ1n) is 11.8. The van der Waals surface area contributed by atoms with Crippen molar-refractivity contribution in [1.29, 1.82) is 0 Å². The summed E-state index contributed by atoms with van der Waals surface area (Å²) in [5.41, 5.74) is 2.31. The fourth-order valence-electron chi connectivity index (χ4n) is 3.71. The Bertz CT molecular complexity index is 1420. The molecule has 10 nitrogen and oxygen atoms in total. The summed E-state index contributed by atoms with van der Waals surface area (Å²) in [6.07, 6.45) is 0. The highest BCUT2D eigenvalue weighted by atomic mass is 32.2. The molecule has 198 valence electrons. The topological polar surface area (TPSA) is 120 Å². The van der Waals surface area contributed by atoms with Crippen LogP contribution in [0.4, 0.5) is 5.13 Å². The lowest BCUT2D eigenvalue weighted by atomic mass is 10.1. The zero-order valence-electron chi connectivity index (χ0n) is 21.5. The second-order valence-corrected chi connectivity index (χ2v) is 10.2. The molecule has 2 aromatic carbocycles. The van der Waals surface area contributed by atoms with E-state index in [1.54, 1.807) is 18.2 Å². The zero-order chi connectivity index (χ0) is 27.1. The van der Waals surface area contributed by atoms with E-state index in [1.165, 1.54) is 37.3 Å². The van der Waals surface area contributed by atoms with Crippen LogP contribution in [0.25, 0.3) is 11.3 Å². The van der Waals surface area contributed by atoms with Crippen LogP contribution in [0, 0.1) is 6.92 Å². The van der Waals surface area contributed by atoms with E-state index in [0.29, 0.717) is 39.7 Å². The number of carbonyl (C=O) groups excluding carboxylic acids is 2. The largest absolute Gasteiger partial charge is 0.493 e. The van der Waals surface area contributed by atoms with Crippen molar-refractivity contribution in [3.05, 3.63) is 64.8 Å². The Kier molecular flexibility index (Phi) is 8.98. The maximum absolute atomic E-state index is 12.7. The Morgan fingerprint density at radius 3 is 2.53 bits per heavy atom. The number of aryl methyl sites for hydroxylation is 1. The highest BCUT2D eigenvalue weighted by Crippen LogP contribution is 2.30. The van der Waals surface area contributed by atoms with E-state index >= 15 is 0 Å². The minimum Gasteiger partial charge on any atom is -0.493 e. The number of hydrogen-bond donors (Lipinski definition) is 2. The van der Waals surface area contributed by atoms with Crippen LogP contribution in [0.1, 0.15) is 28.0 Å². The van der Waals surface area contributed by atoms with Gasteiger partial charge in [-0.2, -0.15) is 0 Å². The molecule has 0 unspecified atom stereocenters. The number of benzene rings is 2. The van der Waals surface area contributed by atoms with Gasteiger partial charge in [0.2, 0.25) is 5.91 Å². The summed E-state index contributed by atoms with van der Waals surface area (Å²) < 4.78 is 12.4. The number of rotatable bonds is 11. The average molecular weight is 553 g/mol. The molecule has 2 N–H and O–H groups in total. The van der Waals surface area contributed by atoms with Crippen LogP contribution in [0.5, 0.6) is 11.5 Å². The fraction of sp³-hybridized carbons (Fsp3) is 0.269. The van der Waals surface area contributed by atoms with E-state index in [4.69, 9.17) is 9.47 Å². The third kappa shape index (κ3) is 6.32. The molecule has 0 atom stereocenters. The van der Waals surface area contributed by atoms with Crippen molar-refractivity contribution in [3.8, 4) is 22.8 Å². The molecule has 38 heavy (non-hydrogen) atoms. The zero-order valence-corrected chi connectivity index (χ0v) is 23.1. The number of aromatic nitrogens is 4. The van der Waals surface area contributed by atoms with Crippen molar-refractivity contribution in [2.24, 2.45) is 0 Å². The Hall–Kier alpha value is -3.90. The molecular weight excluding hydrogens is 524 g/mol. The Labute approximate surface area is 228 Å². The monoisotopic (exact) mass is 552 g/mol. The van der Waals surface area contributed by atoms with Gasteiger partial charge in [-0.25, -0.2) is 4.98 Å². The van der Waals surface area contributed by atoms with Gasteiger partial charge >= 0.3 is 0 Å². The van der Waals surface area contributed by atoms with Crippen LogP contribution in [0.15, 0.2) is 53.7 Å². The van der Waals surface area contributed by atoms with Crippen LogP contribution < -0.4 is 20.1 Å². The van der Waals surface area contributed by atoms with Gasteiger partial charge in [0.05, 0.1) is 32.2 Å². The molecule has 4 aromatic rings. The fourth-order valence-corrected chi connectivity index (χ4v) is 5.39. The van der Waals surface area contributed by atoms with Gasteiger partial charge in [-0.05, 0) is 32.0 Å². The lowest BCUT2D eigenvalue weighted by Gasteiger charge is -2.11. The molecular formula is C26H28N6O4S2. The minimum absolute atomic E-state index is 0.148. The predicted molar refractivity (Wildman–Crippen MR) is 148 cm³/mol. The van der Waals surface area contributed by atoms with Crippen LogP contribution >= 0.6 is 23.1 Å². The number of thiazole rings is 1. The third-order valence-corrected chi connectivity index (χ3v) is 7.44. The first kappa shape index (κ1) is 27.1. The summed E-state index contributed by atoms with van der Waals surface area (Å²) in [6, 6.07) is 14.8. The standard InChI is InChI=1S/C26H28N6O4S2/c1-5-32-21(14-27-24(34)18-11-12-19(35-3)20(13-18)36-4)30-31-26(32)37-15-22(33)28-25-29-23(16(2)38-25)17-9-7-6-8-10-17/h6-13H,5,14-15H2,1-4H3,(H,27,34)(H,28,29,33). The number of anilines is 1. The van der Waals surface area contributed by atoms with E-state index in [1.807, 2.05) is 48.7 Å². The van der Waals surface area contributed by atoms with Crippen molar-refractivity contribution >= 4 is 40.0 Å². The molecule has 0 aliphatic carbocycles. The van der Waals surface area contributed by atoms with Crippen molar-refractivity contribution in [2.75, 3.05) is 25.3 Å². The predicted octanol–water partition coefficient (Wildman–Crippen LogP) is 4.41. The van der Waals surface area contributed by atoms with E-state index in [9.17, 15) is 9.59 Å². The molecule has 0 fully saturated rings. The number of methoxy groups -OCH3 is 2. The van der Waals surface area contributed by atoms with Crippen LogP contribution in [0.2, 0.25) is 0 Å². The summed E-state index contributed by atoms with van der Waals surface area (Å²) in [6.45, 7) is 4.71. The molecule has 0 bridgehead atoms. The Morgan fingerprint density at radius 2 is 1.82 bits per heavy atom. The summed E-state index contributed by atoms with van der Waals surface area (Å²) >= 11 is 2.72. The van der Waals surface area contributed by atoms with Gasteiger partial charge < -0.3 is 24.7 Å². The van der Waals surface area contributed by atoms with Crippen molar-refractivity contribution in [3.63, 3.8) is 0 Å². The number of nitrogens with one attached hydrogen (secondary N) is 2. The molecule has 12 heteroatoms. The molecule has 2 heterocycles. The molecule has 2 aromatic heterocycles. The van der Waals surface area contributed by atoms with Crippen molar-refractivity contribution < 1.29 is 19.1 Å². The van der Waals surface area contributed by atoms with E-state index in [0.717, 1.165) is 16.1 Å². The molecule has 2 amide bonds. The second kappa shape index (κ2) is 12.6. The highest BCUT2D eigenvalue weighted by Gasteiger charge is 2.17. The SMILES string of the molecule is CCn1c(CNC(=O)c2ccc(OC)c(OC)c2)nnc1SCC(=O)Nc1nc(-c2ccccc2)c(C)s1. The summed E-state index contributed by atoms with van der Waals surface area (Å²) in [7, 11) is 3.05. The summed E-state index contributed by atoms with van der Waals surface area (Å²) in [5, 5.41) is 15.3. The second-order valence-electron chi connectivity index (χ2n) is 8.02. The van der Waals surface area contributed by atoms with Crippen LogP contribution in [0.3, 0.4) is 0 Å². The molecule has 0 spiro atoms. The smallest absolute Gasteiger partial charge is 0.251 e. The minimum atomic E-state index is -0.279. The van der Waals surface area contributed by atoms with E-state index < -0.39 is 0 Å². The number of amides is 2. The quantitative estimate of drug-likeness (QED) is 0.263. The van der Waals surface area contributed by atoms with Gasteiger partial charge in [-0.3, -0.25) is 9.59 Å². The normalized spacial score (nSPS) is 10.7. The molecule has 0 radical (unpaired) electrons. The van der Waals surface area contributed by atoms with Crippen molar-refractivity contribution in [2.45, 2.75) is 32.1 Å². The Morgan fingerprint density at radius 1 is 1.05 bits per heavy atom. The molecule has 0 saturated heterocycles. The third-order valence-electron chi connectivity index (χ3n) is 5.59. The van der Waals surface area contributed by atoms with Gasteiger partial charge in [-0.1, -0.05) is 42.1 Å². The maximum Gasteiger partial charge on any atom is 0.251 e. The molecule has 0 aliphatic rings. The van der Waals surface area contributed by atoms with Crippen molar-refractivity contribution in [1.82, 2.24) is 25.1 Å². The summed E-state index contributed by atoms with van der Waals surface area (Å²) in [4.78, 5) is 30.9. The maximum atomic E-state index is 12.7. The number of nitrogens with zero attached hydrogens (tertiary/aromatic N) is 4. The molecule has 4 rings (SSSR count). The van der Waals surface area contributed by atoms with Gasteiger partial charge in [0.1, 0.15) is 0 Å². The number of carbonyl (C=O) groups is 2. The lowest BCUT2D eigenvalue weighted by Crippen LogP contribution is -2.25. The first-order valence-corrected chi connectivity index (χ1v) is 13.6. The van der Waals surface area contributed by atoms with Crippen LogP contribution in [-0.4, -0.2) is 51.5 Å². The molecule has 0 aliphatic heterocycles. The van der Waals surface area contributed by atoms with Gasteiger partial charge in [0.25, 0.3) is 5.91 Å². The van der Waals surface area contributed by atoms with Gasteiger partial charge in [0, 0.05) is 22.5 Å². The summed E-state index contributed by atoms with van der Waals surface area (Å²) in [5.74, 6) is 1.29. The van der Waals surface area contributed by atoms with Gasteiger partial charge in [-0.15, -0.1) is 21.5 Å². The Balaban J connectivity index is 1.34. The highest BCUT2D eigenvalue weighted by molar-refractivity contribution is 7.99.